The van der Waals surface area contributed by atoms with E-state index in [0.717, 1.165) is 37.2 Å². The van der Waals surface area contributed by atoms with Crippen LogP contribution in [0.1, 0.15) is 31.2 Å². The number of ether oxygens (including phenoxy) is 1. The van der Waals surface area contributed by atoms with Crippen molar-refractivity contribution in [3.63, 3.8) is 0 Å². The largest absolute Gasteiger partial charge is 0.497 e. The van der Waals surface area contributed by atoms with Crippen molar-refractivity contribution in [3.8, 4) is 5.75 Å². The normalized spacial score (nSPS) is 15.5. The maximum Gasteiger partial charge on any atom is 0.277 e. The Morgan fingerprint density at radius 2 is 2.00 bits per heavy atom. The van der Waals surface area contributed by atoms with Gasteiger partial charge in [-0.1, -0.05) is 23.9 Å². The molecule has 3 rings (SSSR count). The highest BCUT2D eigenvalue weighted by molar-refractivity contribution is 8.00. The molecule has 1 atom stereocenters. The third-order valence-corrected chi connectivity index (χ3v) is 4.93. The number of thioether (sulfide) groups is 1. The molecule has 128 valence electrons. The Balaban J connectivity index is 1.57. The van der Waals surface area contributed by atoms with Gasteiger partial charge in [-0.15, -0.1) is 10.2 Å². The van der Waals surface area contributed by atoms with E-state index in [1.807, 2.05) is 36.1 Å². The lowest BCUT2D eigenvalue weighted by Gasteiger charge is -2.18. The van der Waals surface area contributed by atoms with Crippen LogP contribution in [0.5, 0.6) is 5.75 Å². The van der Waals surface area contributed by atoms with Crippen molar-refractivity contribution in [2.45, 2.75) is 36.7 Å². The SMILES string of the molecule is COc1ccc(Cc2nnc(SC(C)C(=O)N3CCCC3)o2)cc1. The number of methoxy groups -OCH3 is 1. The summed E-state index contributed by atoms with van der Waals surface area (Å²) < 4.78 is 10.8. The van der Waals surface area contributed by atoms with Gasteiger partial charge in [-0.2, -0.15) is 0 Å². The van der Waals surface area contributed by atoms with Crippen molar-refractivity contribution in [2.75, 3.05) is 20.2 Å². The van der Waals surface area contributed by atoms with E-state index in [1.54, 1.807) is 7.11 Å². The zero-order valence-electron chi connectivity index (χ0n) is 13.9. The van der Waals surface area contributed by atoms with Crippen LogP contribution >= 0.6 is 11.8 Å². The first-order chi connectivity index (χ1) is 11.7. The van der Waals surface area contributed by atoms with Crippen LogP contribution in [0.15, 0.2) is 33.9 Å². The predicted octanol–water partition coefficient (Wildman–Crippen LogP) is 2.77. The van der Waals surface area contributed by atoms with E-state index in [1.165, 1.54) is 11.8 Å². The molecule has 0 spiro atoms. The molecule has 24 heavy (non-hydrogen) atoms. The summed E-state index contributed by atoms with van der Waals surface area (Å²) in [6, 6.07) is 7.74. The van der Waals surface area contributed by atoms with Crippen LogP contribution in [0.4, 0.5) is 0 Å². The van der Waals surface area contributed by atoms with Crippen molar-refractivity contribution in [3.05, 3.63) is 35.7 Å². The molecule has 0 aliphatic carbocycles. The molecular formula is C17H21N3O3S. The fourth-order valence-corrected chi connectivity index (χ4v) is 3.46. The number of nitrogens with zero attached hydrogens (tertiary/aromatic N) is 3. The minimum atomic E-state index is -0.211. The van der Waals surface area contributed by atoms with Crippen molar-refractivity contribution in [1.29, 1.82) is 0 Å². The van der Waals surface area contributed by atoms with Crippen molar-refractivity contribution in [1.82, 2.24) is 15.1 Å². The number of benzene rings is 1. The molecule has 0 N–H and O–H groups in total. The molecule has 6 nitrogen and oxygen atoms in total. The number of rotatable bonds is 6. The summed E-state index contributed by atoms with van der Waals surface area (Å²) in [5, 5.41) is 8.35. The smallest absolute Gasteiger partial charge is 0.277 e. The molecule has 0 saturated carbocycles. The van der Waals surface area contributed by atoms with Gasteiger partial charge in [-0.3, -0.25) is 4.79 Å². The molecule has 1 aromatic carbocycles. The first-order valence-corrected chi connectivity index (χ1v) is 8.94. The molecule has 1 saturated heterocycles. The van der Waals surface area contributed by atoms with Crippen molar-refractivity contribution < 1.29 is 13.9 Å². The number of likely N-dealkylation sites (tertiary alicyclic amines) is 1. The van der Waals surface area contributed by atoms with Crippen LogP contribution in [0.2, 0.25) is 0 Å². The number of hydrogen-bond donors (Lipinski definition) is 0. The van der Waals surface area contributed by atoms with Gasteiger partial charge in [0.25, 0.3) is 5.22 Å². The fourth-order valence-electron chi connectivity index (χ4n) is 2.67. The average molecular weight is 347 g/mol. The fraction of sp³-hybridized carbons (Fsp3) is 0.471. The van der Waals surface area contributed by atoms with E-state index in [2.05, 4.69) is 10.2 Å². The quantitative estimate of drug-likeness (QED) is 0.749. The zero-order valence-corrected chi connectivity index (χ0v) is 14.7. The summed E-state index contributed by atoms with van der Waals surface area (Å²) >= 11 is 1.32. The predicted molar refractivity (Wildman–Crippen MR) is 91.2 cm³/mol. The van der Waals surface area contributed by atoms with Gasteiger partial charge in [-0.05, 0) is 37.5 Å². The minimum absolute atomic E-state index is 0.146. The van der Waals surface area contributed by atoms with Crippen LogP contribution in [0.25, 0.3) is 0 Å². The minimum Gasteiger partial charge on any atom is -0.497 e. The second-order valence-corrected chi connectivity index (χ2v) is 7.07. The standard InChI is InChI=1S/C17H21N3O3S/c1-12(16(21)20-9-3-4-10-20)24-17-19-18-15(23-17)11-13-5-7-14(22-2)8-6-13/h5-8,12H,3-4,9-11H2,1-2H3. The molecule has 1 aliphatic heterocycles. The summed E-state index contributed by atoms with van der Waals surface area (Å²) in [6.07, 6.45) is 2.75. The van der Waals surface area contributed by atoms with Gasteiger partial charge in [0.2, 0.25) is 11.8 Å². The van der Waals surface area contributed by atoms with E-state index >= 15 is 0 Å². The van der Waals surface area contributed by atoms with Crippen LogP contribution in [-0.4, -0.2) is 46.5 Å². The van der Waals surface area contributed by atoms with E-state index < -0.39 is 0 Å². The molecule has 1 aliphatic rings. The zero-order chi connectivity index (χ0) is 16.9. The Morgan fingerprint density at radius 1 is 1.29 bits per heavy atom. The summed E-state index contributed by atoms with van der Waals surface area (Å²) in [7, 11) is 1.64. The van der Waals surface area contributed by atoms with Crippen LogP contribution in [0.3, 0.4) is 0 Å². The lowest BCUT2D eigenvalue weighted by Crippen LogP contribution is -2.34. The summed E-state index contributed by atoms with van der Waals surface area (Å²) in [4.78, 5) is 14.2. The monoisotopic (exact) mass is 347 g/mol. The molecule has 2 heterocycles. The number of carbonyl (C=O) groups excluding carboxylic acids is 1. The van der Waals surface area contributed by atoms with E-state index in [0.29, 0.717) is 17.5 Å². The summed E-state index contributed by atoms with van der Waals surface area (Å²) in [6.45, 7) is 3.60. The average Bonchev–Trinajstić information content (AvgIpc) is 3.27. The molecule has 1 unspecified atom stereocenters. The molecule has 7 heteroatoms. The van der Waals surface area contributed by atoms with Gasteiger partial charge in [0.05, 0.1) is 18.8 Å². The topological polar surface area (TPSA) is 68.5 Å². The van der Waals surface area contributed by atoms with Gasteiger partial charge in [0.1, 0.15) is 5.75 Å². The van der Waals surface area contributed by atoms with Gasteiger partial charge >= 0.3 is 0 Å². The molecular weight excluding hydrogens is 326 g/mol. The Morgan fingerprint density at radius 3 is 2.67 bits per heavy atom. The van der Waals surface area contributed by atoms with Crippen molar-refractivity contribution >= 4 is 17.7 Å². The van der Waals surface area contributed by atoms with Gasteiger partial charge in [0, 0.05) is 13.1 Å². The van der Waals surface area contributed by atoms with Gasteiger partial charge < -0.3 is 14.1 Å². The highest BCUT2D eigenvalue weighted by atomic mass is 32.2. The molecule has 2 aromatic rings. The number of carbonyl (C=O) groups is 1. The molecule has 0 radical (unpaired) electrons. The van der Waals surface area contributed by atoms with E-state index in [4.69, 9.17) is 9.15 Å². The first kappa shape index (κ1) is 16.8. The second kappa shape index (κ2) is 7.70. The highest BCUT2D eigenvalue weighted by Crippen LogP contribution is 2.25. The van der Waals surface area contributed by atoms with Crippen LogP contribution in [-0.2, 0) is 11.2 Å². The Hall–Kier alpha value is -2.02. The lowest BCUT2D eigenvalue weighted by atomic mass is 10.1. The van der Waals surface area contributed by atoms with Crippen molar-refractivity contribution in [2.24, 2.45) is 0 Å². The Labute approximate surface area is 145 Å². The maximum absolute atomic E-state index is 12.3. The van der Waals surface area contributed by atoms with Gasteiger partial charge in [-0.25, -0.2) is 0 Å². The third-order valence-electron chi connectivity index (χ3n) is 4.01. The summed E-state index contributed by atoms with van der Waals surface area (Å²) in [5.41, 5.74) is 1.07. The van der Waals surface area contributed by atoms with Crippen LogP contribution in [0, 0.1) is 0 Å². The molecule has 1 aromatic heterocycles. The number of aromatic nitrogens is 2. The molecule has 1 amide bonds. The lowest BCUT2D eigenvalue weighted by molar-refractivity contribution is -0.129. The number of hydrogen-bond acceptors (Lipinski definition) is 6. The summed E-state index contributed by atoms with van der Waals surface area (Å²) in [5.74, 6) is 1.51. The second-order valence-electron chi connectivity index (χ2n) is 5.78. The molecule has 1 fully saturated rings. The maximum atomic E-state index is 12.3. The third kappa shape index (κ3) is 4.08. The highest BCUT2D eigenvalue weighted by Gasteiger charge is 2.25. The van der Waals surface area contributed by atoms with E-state index in [9.17, 15) is 4.79 Å². The Bertz CT molecular complexity index is 681. The van der Waals surface area contributed by atoms with E-state index in [-0.39, 0.29) is 11.2 Å². The first-order valence-electron chi connectivity index (χ1n) is 8.06. The Kier molecular flexibility index (Phi) is 5.40. The number of amides is 1. The van der Waals surface area contributed by atoms with Crippen LogP contribution < -0.4 is 4.74 Å². The molecule has 0 bridgehead atoms. The van der Waals surface area contributed by atoms with Gasteiger partial charge in [0.15, 0.2) is 0 Å².